The summed E-state index contributed by atoms with van der Waals surface area (Å²) in [6.45, 7) is 2.15. The second-order valence-corrected chi connectivity index (χ2v) is 13.9. The minimum absolute atomic E-state index is 0.226. The summed E-state index contributed by atoms with van der Waals surface area (Å²) in [5.74, 6) is 0.326. The maximum absolute atomic E-state index is 6.73. The molecular weight excluding hydrogens is 656 g/mol. The predicted octanol–water partition coefficient (Wildman–Crippen LogP) is 12.4. The summed E-state index contributed by atoms with van der Waals surface area (Å²) in [4.78, 5) is 2.46. The SMILES string of the molecule is Cc1ccc2c(c1)c1ccccc1n2-c1ccc2oc3c(cc(Br)c4oc5ccc(N6c7ccccc7C7C=CC=CC76)cc5c43)c2c1. The number of anilines is 2. The summed E-state index contributed by atoms with van der Waals surface area (Å²) in [6, 6.07) is 39.6. The number of hydrogen-bond acceptors (Lipinski definition) is 3. The van der Waals surface area contributed by atoms with E-state index in [2.05, 4.69) is 166 Å². The van der Waals surface area contributed by atoms with Crippen LogP contribution in [0, 0.1) is 6.92 Å². The summed E-state index contributed by atoms with van der Waals surface area (Å²) in [6.07, 6.45) is 8.96. The molecule has 2 aliphatic rings. The number of benzene rings is 6. The highest BCUT2D eigenvalue weighted by molar-refractivity contribution is 9.10. The number of furan rings is 2. The Kier molecular flexibility index (Phi) is 5.27. The van der Waals surface area contributed by atoms with Gasteiger partial charge in [-0.1, -0.05) is 72.3 Å². The van der Waals surface area contributed by atoms with E-state index in [4.69, 9.17) is 8.83 Å². The van der Waals surface area contributed by atoms with Gasteiger partial charge in [0.1, 0.15) is 16.7 Å². The van der Waals surface area contributed by atoms with Gasteiger partial charge in [0.25, 0.3) is 0 Å². The maximum Gasteiger partial charge on any atom is 0.153 e. The van der Waals surface area contributed by atoms with Gasteiger partial charge in [-0.3, -0.25) is 0 Å². The van der Waals surface area contributed by atoms with Crippen LogP contribution in [0.15, 0.2) is 147 Å². The number of aromatic nitrogens is 1. The molecule has 0 spiro atoms. The van der Waals surface area contributed by atoms with Crippen molar-refractivity contribution in [1.29, 1.82) is 0 Å². The number of aryl methyl sites for hydroxylation is 1. The van der Waals surface area contributed by atoms with Crippen molar-refractivity contribution >= 4 is 93.0 Å². The van der Waals surface area contributed by atoms with E-state index in [1.807, 2.05) is 0 Å². The van der Waals surface area contributed by atoms with Gasteiger partial charge in [0, 0.05) is 49.9 Å². The van der Waals surface area contributed by atoms with E-state index in [0.717, 1.165) is 59.7 Å². The Hall–Kier alpha value is -5.52. The second-order valence-electron chi connectivity index (χ2n) is 13.1. The molecule has 0 N–H and O–H groups in total. The van der Waals surface area contributed by atoms with E-state index < -0.39 is 0 Å². The lowest BCUT2D eigenvalue weighted by molar-refractivity contribution is 0.661. The molecule has 3 aromatic heterocycles. The molecule has 228 valence electrons. The third-order valence-corrected chi connectivity index (χ3v) is 11.0. The van der Waals surface area contributed by atoms with E-state index in [-0.39, 0.29) is 6.04 Å². The molecule has 1 aliphatic heterocycles. The lowest BCUT2D eigenvalue weighted by Gasteiger charge is -2.28. The molecule has 1 aliphatic carbocycles. The Balaban J connectivity index is 1.14. The molecule has 0 saturated heterocycles. The zero-order valence-electron chi connectivity index (χ0n) is 25.9. The van der Waals surface area contributed by atoms with Crippen molar-refractivity contribution in [3.05, 3.63) is 149 Å². The summed E-state index contributed by atoms with van der Waals surface area (Å²) in [7, 11) is 0. The number of halogens is 1. The van der Waals surface area contributed by atoms with Crippen LogP contribution in [0.5, 0.6) is 0 Å². The van der Waals surface area contributed by atoms with Crippen LogP contribution in [-0.4, -0.2) is 10.6 Å². The van der Waals surface area contributed by atoms with Crippen LogP contribution in [0.2, 0.25) is 0 Å². The van der Waals surface area contributed by atoms with Crippen LogP contribution in [0.1, 0.15) is 17.0 Å². The first-order valence-corrected chi connectivity index (χ1v) is 17.2. The fraction of sp³-hybridized carbons (Fsp3) is 0.0698. The van der Waals surface area contributed by atoms with Gasteiger partial charge in [-0.05, 0) is 95.1 Å². The Labute approximate surface area is 283 Å². The topological polar surface area (TPSA) is 34.5 Å². The third kappa shape index (κ3) is 3.49. The van der Waals surface area contributed by atoms with Crippen molar-refractivity contribution < 1.29 is 8.83 Å². The van der Waals surface area contributed by atoms with Crippen molar-refractivity contribution in [2.75, 3.05) is 4.90 Å². The second kappa shape index (κ2) is 9.52. The van der Waals surface area contributed by atoms with Gasteiger partial charge < -0.3 is 18.3 Å². The largest absolute Gasteiger partial charge is 0.455 e. The first-order chi connectivity index (χ1) is 23.6. The van der Waals surface area contributed by atoms with Crippen LogP contribution < -0.4 is 4.90 Å². The number of para-hydroxylation sites is 2. The number of hydrogen-bond donors (Lipinski definition) is 0. The Morgan fingerprint density at radius 2 is 1.35 bits per heavy atom. The van der Waals surface area contributed by atoms with Crippen molar-refractivity contribution in [1.82, 2.24) is 4.57 Å². The molecule has 4 heterocycles. The highest BCUT2D eigenvalue weighted by atomic mass is 79.9. The molecule has 4 nitrogen and oxygen atoms in total. The van der Waals surface area contributed by atoms with Gasteiger partial charge in [-0.25, -0.2) is 0 Å². The first-order valence-electron chi connectivity index (χ1n) is 16.4. The van der Waals surface area contributed by atoms with Gasteiger partial charge in [0.15, 0.2) is 5.58 Å². The van der Waals surface area contributed by atoms with Crippen LogP contribution in [0.25, 0.3) is 71.4 Å². The zero-order chi connectivity index (χ0) is 31.7. The Bertz CT molecular complexity index is 2900. The summed E-state index contributed by atoms with van der Waals surface area (Å²) >= 11 is 3.88. The Morgan fingerprint density at radius 3 is 2.29 bits per heavy atom. The lowest BCUT2D eigenvalue weighted by atomic mass is 9.91. The Morgan fingerprint density at radius 1 is 0.604 bits per heavy atom. The van der Waals surface area contributed by atoms with Crippen LogP contribution in [0.3, 0.4) is 0 Å². The number of fused-ring (bicyclic) bond motifs is 13. The minimum Gasteiger partial charge on any atom is -0.455 e. The molecule has 9 aromatic rings. The molecule has 0 bridgehead atoms. The quantitative estimate of drug-likeness (QED) is 0.182. The summed E-state index contributed by atoms with van der Waals surface area (Å²) < 4.78 is 16.5. The average Bonchev–Trinajstić information content (AvgIpc) is 3.86. The molecular formula is C43H27BrN2O2. The monoisotopic (exact) mass is 682 g/mol. The smallest absolute Gasteiger partial charge is 0.153 e. The highest BCUT2D eigenvalue weighted by Gasteiger charge is 2.37. The number of nitrogens with zero attached hydrogens (tertiary/aromatic N) is 2. The van der Waals surface area contributed by atoms with E-state index in [1.165, 1.54) is 38.6 Å². The highest BCUT2D eigenvalue weighted by Crippen LogP contribution is 2.49. The van der Waals surface area contributed by atoms with Crippen molar-refractivity contribution in [3.8, 4) is 5.69 Å². The lowest BCUT2D eigenvalue weighted by Crippen LogP contribution is -2.28. The summed E-state index contributed by atoms with van der Waals surface area (Å²) in [5.41, 5.74) is 11.8. The molecule has 2 atom stereocenters. The predicted molar refractivity (Wildman–Crippen MR) is 201 cm³/mol. The minimum atomic E-state index is 0.226. The van der Waals surface area contributed by atoms with E-state index in [1.54, 1.807) is 0 Å². The van der Waals surface area contributed by atoms with E-state index in [0.29, 0.717) is 5.92 Å². The standard InChI is InChI=1S/C43H27BrN2O2/c1-24-14-17-38-30(20-24)29-10-4-7-13-37(29)46(38)25-15-18-39-31(21-25)32-23-34(44)43-41(42(32)47-39)33-22-26(16-19-40(33)48-43)45-35-11-5-2-8-27(35)28-9-3-6-12-36(28)45/h2-23,27,35H,1H3. The fourth-order valence-corrected chi connectivity index (χ4v) is 8.86. The maximum atomic E-state index is 6.73. The number of allylic oxidation sites excluding steroid dienone is 2. The van der Waals surface area contributed by atoms with Gasteiger partial charge in [0.05, 0.1) is 26.9 Å². The van der Waals surface area contributed by atoms with Crippen molar-refractivity contribution in [3.63, 3.8) is 0 Å². The van der Waals surface area contributed by atoms with Crippen molar-refractivity contribution in [2.45, 2.75) is 18.9 Å². The zero-order valence-corrected chi connectivity index (χ0v) is 27.5. The van der Waals surface area contributed by atoms with E-state index >= 15 is 0 Å². The molecule has 5 heteroatoms. The molecule has 0 amide bonds. The van der Waals surface area contributed by atoms with Crippen LogP contribution in [-0.2, 0) is 0 Å². The molecule has 0 radical (unpaired) electrons. The van der Waals surface area contributed by atoms with Gasteiger partial charge in [-0.15, -0.1) is 0 Å². The average molecular weight is 684 g/mol. The van der Waals surface area contributed by atoms with E-state index in [9.17, 15) is 0 Å². The first kappa shape index (κ1) is 26.5. The third-order valence-electron chi connectivity index (χ3n) is 10.4. The summed E-state index contributed by atoms with van der Waals surface area (Å²) in [5, 5.41) is 6.68. The molecule has 48 heavy (non-hydrogen) atoms. The van der Waals surface area contributed by atoms with Gasteiger partial charge in [-0.2, -0.15) is 0 Å². The fourth-order valence-electron chi connectivity index (χ4n) is 8.35. The van der Waals surface area contributed by atoms with Gasteiger partial charge in [0.2, 0.25) is 0 Å². The molecule has 0 fully saturated rings. The normalized spacial score (nSPS) is 17.2. The van der Waals surface area contributed by atoms with Crippen molar-refractivity contribution in [2.24, 2.45) is 0 Å². The molecule has 11 rings (SSSR count). The molecule has 0 saturated carbocycles. The molecule has 6 aromatic carbocycles. The molecule has 2 unspecified atom stereocenters. The van der Waals surface area contributed by atoms with Crippen LogP contribution >= 0.6 is 15.9 Å². The van der Waals surface area contributed by atoms with Crippen LogP contribution in [0.4, 0.5) is 11.4 Å². The number of rotatable bonds is 2. The van der Waals surface area contributed by atoms with Gasteiger partial charge >= 0.3 is 0 Å².